The van der Waals surface area contributed by atoms with Gasteiger partial charge in [0.2, 0.25) is 0 Å². The van der Waals surface area contributed by atoms with Crippen LogP contribution in [0.1, 0.15) is 41.4 Å². The lowest BCUT2D eigenvalue weighted by atomic mass is 9.75. The maximum atomic E-state index is 13.4. The molecule has 168 valence electrons. The smallest absolute Gasteiger partial charge is 0.314 e. The van der Waals surface area contributed by atoms with E-state index < -0.39 is 5.41 Å². The van der Waals surface area contributed by atoms with Crippen molar-refractivity contribution in [1.29, 1.82) is 0 Å². The van der Waals surface area contributed by atoms with Crippen molar-refractivity contribution in [1.82, 2.24) is 14.3 Å². The van der Waals surface area contributed by atoms with Crippen molar-refractivity contribution in [3.05, 3.63) is 65.6 Å². The molecule has 0 N–H and O–H groups in total. The fourth-order valence-corrected chi connectivity index (χ4v) is 4.56. The van der Waals surface area contributed by atoms with Crippen molar-refractivity contribution >= 4 is 17.5 Å². The Morgan fingerprint density at radius 2 is 2.06 bits per heavy atom. The number of pyridine rings is 1. The Morgan fingerprint density at radius 1 is 1.22 bits per heavy atom. The van der Waals surface area contributed by atoms with Crippen LogP contribution in [0.15, 0.2) is 48.8 Å². The summed E-state index contributed by atoms with van der Waals surface area (Å²) in [7, 11) is 1.62. The molecule has 0 bridgehead atoms. The molecule has 0 radical (unpaired) electrons. The summed E-state index contributed by atoms with van der Waals surface area (Å²) in [6.07, 6.45) is 5.51. The van der Waals surface area contributed by atoms with Gasteiger partial charge in [-0.15, -0.1) is 0 Å². The van der Waals surface area contributed by atoms with Gasteiger partial charge in [-0.3, -0.25) is 9.59 Å². The number of piperidine rings is 1. The van der Waals surface area contributed by atoms with Crippen LogP contribution in [0.2, 0.25) is 0 Å². The summed E-state index contributed by atoms with van der Waals surface area (Å²) in [5.41, 5.74) is 2.34. The molecule has 7 nitrogen and oxygen atoms in total. The second-order valence-corrected chi connectivity index (χ2v) is 8.41. The number of aromatic nitrogens is 2. The number of nitrogens with zero attached hydrogens (tertiary/aromatic N) is 3. The molecular formula is C25H29N3O4. The van der Waals surface area contributed by atoms with E-state index in [4.69, 9.17) is 9.47 Å². The van der Waals surface area contributed by atoms with Gasteiger partial charge < -0.3 is 18.8 Å². The third-order valence-corrected chi connectivity index (χ3v) is 6.15. The Labute approximate surface area is 188 Å². The number of amides is 1. The number of methoxy groups -OCH3 is 1. The monoisotopic (exact) mass is 435 g/mol. The minimum atomic E-state index is -0.800. The Kier molecular flexibility index (Phi) is 6.17. The van der Waals surface area contributed by atoms with E-state index in [1.165, 1.54) is 0 Å². The molecule has 32 heavy (non-hydrogen) atoms. The Bertz CT molecular complexity index is 1140. The Balaban J connectivity index is 1.63. The van der Waals surface area contributed by atoms with Gasteiger partial charge in [0, 0.05) is 25.5 Å². The lowest BCUT2D eigenvalue weighted by Crippen LogP contribution is -2.51. The molecule has 1 aliphatic heterocycles. The fourth-order valence-electron chi connectivity index (χ4n) is 4.56. The van der Waals surface area contributed by atoms with Crippen LogP contribution in [0.4, 0.5) is 0 Å². The summed E-state index contributed by atoms with van der Waals surface area (Å²) in [6, 6.07) is 11.6. The van der Waals surface area contributed by atoms with Gasteiger partial charge >= 0.3 is 5.97 Å². The van der Waals surface area contributed by atoms with Crippen LogP contribution >= 0.6 is 0 Å². The van der Waals surface area contributed by atoms with Gasteiger partial charge in [0.05, 0.1) is 19.1 Å². The van der Waals surface area contributed by atoms with Crippen molar-refractivity contribution in [3.8, 4) is 5.75 Å². The fraction of sp³-hybridized carbons (Fsp3) is 0.400. The van der Waals surface area contributed by atoms with E-state index in [2.05, 4.69) is 4.98 Å². The van der Waals surface area contributed by atoms with Crippen LogP contribution in [0.5, 0.6) is 5.75 Å². The second-order valence-electron chi connectivity index (χ2n) is 8.41. The largest absolute Gasteiger partial charge is 0.497 e. The van der Waals surface area contributed by atoms with Crippen LogP contribution in [0.25, 0.3) is 5.65 Å². The highest BCUT2D eigenvalue weighted by molar-refractivity contribution is 5.93. The van der Waals surface area contributed by atoms with Crippen molar-refractivity contribution in [2.75, 3.05) is 26.8 Å². The number of carbonyl (C=O) groups excluding carboxylic acids is 2. The molecule has 1 atom stereocenters. The molecule has 3 heterocycles. The van der Waals surface area contributed by atoms with Crippen LogP contribution in [0.3, 0.4) is 0 Å². The zero-order valence-electron chi connectivity index (χ0n) is 18.8. The summed E-state index contributed by atoms with van der Waals surface area (Å²) in [4.78, 5) is 32.8. The highest BCUT2D eigenvalue weighted by Crippen LogP contribution is 2.36. The molecular weight excluding hydrogens is 406 g/mol. The number of rotatable bonds is 6. The van der Waals surface area contributed by atoms with E-state index in [1.807, 2.05) is 60.8 Å². The minimum absolute atomic E-state index is 0.160. The molecule has 0 aliphatic carbocycles. The topological polar surface area (TPSA) is 73.1 Å². The predicted molar refractivity (Wildman–Crippen MR) is 121 cm³/mol. The zero-order valence-corrected chi connectivity index (χ0v) is 18.8. The first-order chi connectivity index (χ1) is 15.5. The van der Waals surface area contributed by atoms with E-state index in [9.17, 15) is 9.59 Å². The van der Waals surface area contributed by atoms with Crippen molar-refractivity contribution in [2.45, 2.75) is 33.1 Å². The van der Waals surface area contributed by atoms with E-state index in [0.29, 0.717) is 38.2 Å². The Morgan fingerprint density at radius 3 is 2.81 bits per heavy atom. The van der Waals surface area contributed by atoms with Gasteiger partial charge in [0.25, 0.3) is 5.91 Å². The van der Waals surface area contributed by atoms with Crippen LogP contribution in [-0.4, -0.2) is 53.0 Å². The molecule has 1 fully saturated rings. The third-order valence-electron chi connectivity index (χ3n) is 6.15. The predicted octanol–water partition coefficient (Wildman–Crippen LogP) is 3.68. The number of fused-ring (bicyclic) bond motifs is 1. The average Bonchev–Trinajstić information content (AvgIpc) is 3.25. The summed E-state index contributed by atoms with van der Waals surface area (Å²) in [6.45, 7) is 4.97. The van der Waals surface area contributed by atoms with Gasteiger partial charge in [-0.2, -0.15) is 0 Å². The molecule has 4 rings (SSSR count). The number of likely N-dealkylation sites (tertiary alicyclic amines) is 1. The molecule has 1 aliphatic rings. The van der Waals surface area contributed by atoms with E-state index in [0.717, 1.165) is 28.9 Å². The number of ether oxygens (including phenoxy) is 2. The number of hydrogen-bond acceptors (Lipinski definition) is 5. The molecule has 1 saturated heterocycles. The normalized spacial score (nSPS) is 18.5. The molecule has 1 aromatic carbocycles. The second kappa shape index (κ2) is 9.02. The minimum Gasteiger partial charge on any atom is -0.497 e. The van der Waals surface area contributed by atoms with E-state index >= 15 is 0 Å². The van der Waals surface area contributed by atoms with Crippen LogP contribution < -0.4 is 4.74 Å². The summed E-state index contributed by atoms with van der Waals surface area (Å²) >= 11 is 0. The number of benzene rings is 1. The molecule has 2 aromatic heterocycles. The molecule has 1 unspecified atom stereocenters. The highest BCUT2D eigenvalue weighted by atomic mass is 16.5. The zero-order chi connectivity index (χ0) is 22.7. The number of esters is 1. The highest BCUT2D eigenvalue weighted by Gasteiger charge is 2.45. The van der Waals surface area contributed by atoms with Crippen molar-refractivity contribution in [2.24, 2.45) is 5.41 Å². The number of imidazole rings is 1. The first kappa shape index (κ1) is 21.9. The maximum Gasteiger partial charge on any atom is 0.314 e. The van der Waals surface area contributed by atoms with Crippen molar-refractivity contribution in [3.63, 3.8) is 0 Å². The summed E-state index contributed by atoms with van der Waals surface area (Å²) in [5, 5.41) is 0. The number of carbonyl (C=O) groups is 2. The van der Waals surface area contributed by atoms with E-state index in [1.54, 1.807) is 18.2 Å². The van der Waals surface area contributed by atoms with Gasteiger partial charge in [-0.1, -0.05) is 18.2 Å². The van der Waals surface area contributed by atoms with Gasteiger partial charge in [0.15, 0.2) is 0 Å². The van der Waals surface area contributed by atoms with E-state index in [-0.39, 0.29) is 11.9 Å². The van der Waals surface area contributed by atoms with Gasteiger partial charge in [-0.25, -0.2) is 4.98 Å². The maximum absolute atomic E-state index is 13.4. The Hall–Kier alpha value is -3.35. The third kappa shape index (κ3) is 4.20. The molecule has 3 aromatic rings. The van der Waals surface area contributed by atoms with Crippen molar-refractivity contribution < 1.29 is 19.1 Å². The van der Waals surface area contributed by atoms with Crippen LogP contribution in [0, 0.1) is 12.3 Å². The first-order valence-electron chi connectivity index (χ1n) is 11.0. The summed E-state index contributed by atoms with van der Waals surface area (Å²) < 4.78 is 12.7. The molecule has 0 spiro atoms. The molecule has 7 heteroatoms. The molecule has 1 amide bonds. The standard InChI is InChI=1S/C25H29N3O4/c1-4-32-24(30)25(15-19-9-5-10-20(14-19)31-3)11-7-13-28(17-25)23(29)21-16-27-12-6-8-18(2)22(27)26-21/h5-6,8-10,12,14,16H,4,7,11,13,15,17H2,1-3H3. The number of aryl methyl sites for hydroxylation is 1. The number of hydrogen-bond donors (Lipinski definition) is 0. The summed E-state index contributed by atoms with van der Waals surface area (Å²) in [5.74, 6) is 0.323. The molecule has 0 saturated carbocycles. The van der Waals surface area contributed by atoms with Gasteiger partial charge in [0.1, 0.15) is 17.1 Å². The SMILES string of the molecule is CCOC(=O)C1(Cc2cccc(OC)c2)CCCN(C(=O)c2cn3cccc(C)c3n2)C1. The lowest BCUT2D eigenvalue weighted by Gasteiger charge is -2.41. The average molecular weight is 436 g/mol. The van der Waals surface area contributed by atoms with Crippen LogP contribution in [-0.2, 0) is 16.0 Å². The van der Waals surface area contributed by atoms with Gasteiger partial charge in [-0.05, 0) is 62.4 Å². The first-order valence-corrected chi connectivity index (χ1v) is 11.0. The lowest BCUT2D eigenvalue weighted by molar-refractivity contribution is -0.158. The quantitative estimate of drug-likeness (QED) is 0.552.